The van der Waals surface area contributed by atoms with E-state index in [1.807, 2.05) is 42.5 Å². The summed E-state index contributed by atoms with van der Waals surface area (Å²) in [4.78, 5) is 12.3. The predicted molar refractivity (Wildman–Crippen MR) is 115 cm³/mol. The molecule has 1 heterocycles. The standard InChI is InChI=1S/C23H25N3OS/c27-21(24-15-17-9-3-1-4-10-17)16-28-23-20-14-8-7-13-19(20)22(25-26-23)18-11-5-2-6-12-18/h2,5-8,11-14,17H,1,3-4,9-10,15-16H2,(H,24,27). The summed E-state index contributed by atoms with van der Waals surface area (Å²) < 4.78 is 0. The highest BCUT2D eigenvalue weighted by atomic mass is 32.2. The Kier molecular flexibility index (Phi) is 6.22. The van der Waals surface area contributed by atoms with Gasteiger partial charge in [-0.25, -0.2) is 0 Å². The van der Waals surface area contributed by atoms with E-state index in [2.05, 4.69) is 27.6 Å². The van der Waals surface area contributed by atoms with Crippen molar-refractivity contribution < 1.29 is 4.79 Å². The maximum absolute atomic E-state index is 12.3. The first-order chi connectivity index (χ1) is 13.8. The third-order valence-electron chi connectivity index (χ3n) is 5.35. The molecule has 4 rings (SSSR count). The lowest BCUT2D eigenvalue weighted by molar-refractivity contribution is -0.118. The van der Waals surface area contributed by atoms with E-state index < -0.39 is 0 Å². The van der Waals surface area contributed by atoms with Crippen LogP contribution < -0.4 is 5.32 Å². The molecule has 0 spiro atoms. The van der Waals surface area contributed by atoms with Gasteiger partial charge in [0, 0.05) is 22.9 Å². The average Bonchev–Trinajstić information content (AvgIpc) is 2.77. The first-order valence-corrected chi connectivity index (χ1v) is 11.0. The summed E-state index contributed by atoms with van der Waals surface area (Å²) >= 11 is 1.46. The Hall–Kier alpha value is -2.40. The summed E-state index contributed by atoms with van der Waals surface area (Å²) in [6, 6.07) is 18.2. The van der Waals surface area contributed by atoms with Crippen LogP contribution in [-0.4, -0.2) is 28.4 Å². The molecule has 1 amide bonds. The third-order valence-corrected chi connectivity index (χ3v) is 6.33. The van der Waals surface area contributed by atoms with E-state index in [1.54, 1.807) is 0 Å². The van der Waals surface area contributed by atoms with Crippen molar-refractivity contribution in [2.75, 3.05) is 12.3 Å². The van der Waals surface area contributed by atoms with Crippen molar-refractivity contribution in [2.45, 2.75) is 37.1 Å². The monoisotopic (exact) mass is 391 g/mol. The van der Waals surface area contributed by atoms with Gasteiger partial charge in [-0.2, -0.15) is 0 Å². The van der Waals surface area contributed by atoms with Crippen molar-refractivity contribution in [1.82, 2.24) is 15.5 Å². The maximum Gasteiger partial charge on any atom is 0.230 e. The average molecular weight is 392 g/mol. The molecule has 1 N–H and O–H groups in total. The van der Waals surface area contributed by atoms with E-state index in [4.69, 9.17) is 0 Å². The molecule has 0 aliphatic heterocycles. The van der Waals surface area contributed by atoms with Gasteiger partial charge in [-0.3, -0.25) is 4.79 Å². The third kappa shape index (κ3) is 4.53. The van der Waals surface area contributed by atoms with Crippen LogP contribution in [0.5, 0.6) is 0 Å². The van der Waals surface area contributed by atoms with E-state index in [9.17, 15) is 4.79 Å². The van der Waals surface area contributed by atoms with Gasteiger partial charge in [0.2, 0.25) is 5.91 Å². The maximum atomic E-state index is 12.3. The van der Waals surface area contributed by atoms with Gasteiger partial charge < -0.3 is 5.32 Å². The highest BCUT2D eigenvalue weighted by Gasteiger charge is 2.15. The fourth-order valence-corrected chi connectivity index (χ4v) is 4.63. The number of hydrogen-bond acceptors (Lipinski definition) is 4. The van der Waals surface area contributed by atoms with Crippen LogP contribution in [0.4, 0.5) is 0 Å². The Morgan fingerprint density at radius 2 is 1.64 bits per heavy atom. The lowest BCUT2D eigenvalue weighted by Gasteiger charge is -2.21. The Balaban J connectivity index is 1.45. The number of hydrogen-bond donors (Lipinski definition) is 1. The van der Waals surface area contributed by atoms with E-state index in [0.717, 1.165) is 33.6 Å². The molecule has 0 bridgehead atoms. The van der Waals surface area contributed by atoms with Crippen LogP contribution in [0.2, 0.25) is 0 Å². The first-order valence-electron chi connectivity index (χ1n) is 10.0. The van der Waals surface area contributed by atoms with Crippen molar-refractivity contribution in [2.24, 2.45) is 5.92 Å². The minimum atomic E-state index is 0.0774. The predicted octanol–water partition coefficient (Wildman–Crippen LogP) is 5.09. The summed E-state index contributed by atoms with van der Waals surface area (Å²) in [5, 5.41) is 14.9. The topological polar surface area (TPSA) is 54.9 Å². The number of carbonyl (C=O) groups excluding carboxylic acids is 1. The van der Waals surface area contributed by atoms with Crippen LogP contribution in [-0.2, 0) is 4.79 Å². The Morgan fingerprint density at radius 1 is 0.929 bits per heavy atom. The SMILES string of the molecule is O=C(CSc1nnc(-c2ccccc2)c2ccccc12)NCC1CCCCC1. The largest absolute Gasteiger partial charge is 0.355 e. The molecule has 1 aliphatic carbocycles. The zero-order valence-electron chi connectivity index (χ0n) is 15.9. The van der Waals surface area contributed by atoms with Gasteiger partial charge in [0.25, 0.3) is 0 Å². The fraction of sp³-hybridized carbons (Fsp3) is 0.348. The quantitative estimate of drug-likeness (QED) is 0.595. The van der Waals surface area contributed by atoms with Gasteiger partial charge in [0.05, 0.1) is 5.75 Å². The summed E-state index contributed by atoms with van der Waals surface area (Å²) in [7, 11) is 0. The molecule has 1 aromatic heterocycles. The minimum Gasteiger partial charge on any atom is -0.355 e. The number of fused-ring (bicyclic) bond motifs is 1. The van der Waals surface area contributed by atoms with Gasteiger partial charge in [-0.15, -0.1) is 10.2 Å². The summed E-state index contributed by atoms with van der Waals surface area (Å²) in [5.74, 6) is 1.10. The van der Waals surface area contributed by atoms with Gasteiger partial charge in [0.1, 0.15) is 10.7 Å². The van der Waals surface area contributed by atoms with E-state index in [1.165, 1.54) is 43.9 Å². The lowest BCUT2D eigenvalue weighted by Crippen LogP contribution is -2.31. The van der Waals surface area contributed by atoms with Crippen molar-refractivity contribution in [3.05, 3.63) is 54.6 Å². The van der Waals surface area contributed by atoms with E-state index in [0.29, 0.717) is 11.7 Å². The second-order valence-electron chi connectivity index (χ2n) is 7.36. The number of nitrogens with one attached hydrogen (secondary N) is 1. The zero-order valence-corrected chi connectivity index (χ0v) is 16.8. The van der Waals surface area contributed by atoms with Crippen LogP contribution in [0.25, 0.3) is 22.0 Å². The Bertz CT molecular complexity index is 939. The van der Waals surface area contributed by atoms with Gasteiger partial charge in [-0.1, -0.05) is 85.6 Å². The second-order valence-corrected chi connectivity index (χ2v) is 8.33. The van der Waals surface area contributed by atoms with E-state index in [-0.39, 0.29) is 5.91 Å². The van der Waals surface area contributed by atoms with Gasteiger partial charge >= 0.3 is 0 Å². The molecule has 0 radical (unpaired) electrons. The molecule has 3 aromatic rings. The van der Waals surface area contributed by atoms with Crippen molar-refractivity contribution in [3.8, 4) is 11.3 Å². The van der Waals surface area contributed by atoms with Crippen molar-refractivity contribution >= 4 is 28.4 Å². The van der Waals surface area contributed by atoms with Crippen molar-refractivity contribution in [3.63, 3.8) is 0 Å². The number of amides is 1. The van der Waals surface area contributed by atoms with Crippen LogP contribution in [0, 0.1) is 5.92 Å². The zero-order chi connectivity index (χ0) is 19.2. The molecule has 1 fully saturated rings. The van der Waals surface area contributed by atoms with Gasteiger partial charge in [0.15, 0.2) is 0 Å². The molecular weight excluding hydrogens is 366 g/mol. The number of aromatic nitrogens is 2. The van der Waals surface area contributed by atoms with Gasteiger partial charge in [-0.05, 0) is 18.8 Å². The van der Waals surface area contributed by atoms with Crippen molar-refractivity contribution in [1.29, 1.82) is 0 Å². The second kappa shape index (κ2) is 9.20. The molecule has 0 unspecified atom stereocenters. The highest BCUT2D eigenvalue weighted by molar-refractivity contribution is 8.00. The molecule has 0 atom stereocenters. The summed E-state index contributed by atoms with van der Waals surface area (Å²) in [6.45, 7) is 0.804. The van der Waals surface area contributed by atoms with Crippen LogP contribution >= 0.6 is 11.8 Å². The molecule has 5 heteroatoms. The van der Waals surface area contributed by atoms with Crippen LogP contribution in [0.3, 0.4) is 0 Å². The van der Waals surface area contributed by atoms with Crippen LogP contribution in [0.1, 0.15) is 32.1 Å². The smallest absolute Gasteiger partial charge is 0.230 e. The summed E-state index contributed by atoms with van der Waals surface area (Å²) in [6.07, 6.45) is 6.41. The molecule has 1 aliphatic rings. The molecule has 144 valence electrons. The molecule has 1 saturated carbocycles. The number of benzene rings is 2. The molecule has 4 nitrogen and oxygen atoms in total. The molecule has 0 saturated heterocycles. The summed E-state index contributed by atoms with van der Waals surface area (Å²) in [5.41, 5.74) is 1.93. The normalized spacial score (nSPS) is 14.9. The number of rotatable bonds is 6. The Labute approximate surface area is 170 Å². The molecular formula is C23H25N3OS. The minimum absolute atomic E-state index is 0.0774. The number of carbonyl (C=O) groups is 1. The molecule has 2 aromatic carbocycles. The molecule has 28 heavy (non-hydrogen) atoms. The first kappa shape index (κ1) is 18.9. The fourth-order valence-electron chi connectivity index (χ4n) is 3.83. The van der Waals surface area contributed by atoms with Crippen LogP contribution in [0.15, 0.2) is 59.6 Å². The lowest BCUT2D eigenvalue weighted by atomic mass is 9.89. The van der Waals surface area contributed by atoms with E-state index >= 15 is 0 Å². The number of nitrogens with zero attached hydrogens (tertiary/aromatic N) is 2. The Morgan fingerprint density at radius 3 is 2.43 bits per heavy atom. The number of thioether (sulfide) groups is 1. The highest BCUT2D eigenvalue weighted by Crippen LogP contribution is 2.31.